The lowest BCUT2D eigenvalue weighted by Crippen LogP contribution is -2.30. The van der Waals surface area contributed by atoms with Crippen LogP contribution >= 0.6 is 0 Å². The third kappa shape index (κ3) is 4.28. The molecule has 0 saturated carbocycles. The number of aryl methyl sites for hydroxylation is 1. The summed E-state index contributed by atoms with van der Waals surface area (Å²) in [6, 6.07) is 12.8. The minimum atomic E-state index is -3.82. The molecule has 1 aliphatic rings. The Labute approximate surface area is 179 Å². The number of para-hydroxylation sites is 1. The molecule has 0 bridgehead atoms. The van der Waals surface area contributed by atoms with E-state index in [-0.39, 0.29) is 4.90 Å². The molecule has 160 valence electrons. The van der Waals surface area contributed by atoms with Gasteiger partial charge in [-0.2, -0.15) is 0 Å². The Balaban J connectivity index is 1.52. The number of hydrogen-bond donors (Lipinski definition) is 2. The fourth-order valence-electron chi connectivity index (χ4n) is 3.69. The molecule has 0 radical (unpaired) electrons. The molecule has 2 aromatic carbocycles. The van der Waals surface area contributed by atoms with Crippen LogP contribution in [0.1, 0.15) is 35.0 Å². The number of pyridine rings is 1. The molecule has 0 spiro atoms. The van der Waals surface area contributed by atoms with Crippen molar-refractivity contribution in [2.75, 3.05) is 5.32 Å². The molecule has 1 atom stereocenters. The molecule has 3 aromatic rings. The Morgan fingerprint density at radius 1 is 1.10 bits per heavy atom. The van der Waals surface area contributed by atoms with Crippen molar-refractivity contribution in [1.82, 2.24) is 4.98 Å². The van der Waals surface area contributed by atoms with Crippen molar-refractivity contribution >= 4 is 38.5 Å². The van der Waals surface area contributed by atoms with Crippen LogP contribution in [0, 0.1) is 0 Å². The zero-order chi connectivity index (χ0) is 22.2. The van der Waals surface area contributed by atoms with Gasteiger partial charge in [0.05, 0.1) is 16.0 Å². The molecule has 9 heteroatoms. The Morgan fingerprint density at radius 2 is 1.81 bits per heavy atom. The number of ether oxygens (including phenoxy) is 1. The molecule has 0 fully saturated rings. The predicted molar refractivity (Wildman–Crippen MR) is 115 cm³/mol. The van der Waals surface area contributed by atoms with E-state index >= 15 is 0 Å². The number of nitrogens with zero attached hydrogens (tertiary/aromatic N) is 1. The lowest BCUT2D eigenvalue weighted by Gasteiger charge is -2.16. The topological polar surface area (TPSA) is 128 Å². The number of hydrogen-bond acceptors (Lipinski definition) is 6. The number of primary sulfonamides is 1. The van der Waals surface area contributed by atoms with Crippen LogP contribution in [-0.4, -0.2) is 31.4 Å². The van der Waals surface area contributed by atoms with Gasteiger partial charge in [0.2, 0.25) is 10.0 Å². The number of fused-ring (bicyclic) bond motifs is 2. The Hall–Kier alpha value is -3.30. The molecular weight excluding hydrogens is 418 g/mol. The molecule has 0 saturated heterocycles. The number of carbonyl (C=O) groups excluding carboxylic acids is 2. The van der Waals surface area contributed by atoms with Gasteiger partial charge in [-0.3, -0.25) is 9.78 Å². The normalized spacial score (nSPS) is 14.1. The second-order valence-corrected chi connectivity index (χ2v) is 8.95. The second kappa shape index (κ2) is 8.09. The van der Waals surface area contributed by atoms with Crippen LogP contribution in [0.4, 0.5) is 5.69 Å². The zero-order valence-electron chi connectivity index (χ0n) is 16.8. The smallest absolute Gasteiger partial charge is 0.339 e. The van der Waals surface area contributed by atoms with Gasteiger partial charge in [-0.25, -0.2) is 18.4 Å². The number of nitrogens with one attached hydrogen (secondary N) is 1. The monoisotopic (exact) mass is 439 g/mol. The SMILES string of the molecule is C[C@@H](OC(=O)c1c2c(nc3ccccc13)CCC2)C(=O)Nc1ccc(S(N)(=O)=O)cc1. The first-order valence-electron chi connectivity index (χ1n) is 9.79. The van der Waals surface area contributed by atoms with Crippen LogP contribution < -0.4 is 10.5 Å². The molecule has 8 nitrogen and oxygen atoms in total. The first-order chi connectivity index (χ1) is 14.7. The average Bonchev–Trinajstić information content (AvgIpc) is 3.19. The number of benzene rings is 2. The summed E-state index contributed by atoms with van der Waals surface area (Å²) in [4.78, 5) is 30.1. The standard InChI is InChI=1S/C22H21N3O5S/c1-13(21(26)24-14-9-11-15(12-10-14)31(23,28)29)30-22(27)20-16-5-2-3-7-18(16)25-19-8-4-6-17(19)20/h2-3,5,7,9-13H,4,6,8H2,1H3,(H,24,26)(H2,23,28,29)/t13-/m1/s1. The van der Waals surface area contributed by atoms with E-state index in [0.29, 0.717) is 16.6 Å². The average molecular weight is 439 g/mol. The van der Waals surface area contributed by atoms with Crippen molar-refractivity contribution in [3.63, 3.8) is 0 Å². The highest BCUT2D eigenvalue weighted by atomic mass is 32.2. The number of aromatic nitrogens is 1. The lowest BCUT2D eigenvalue weighted by molar-refractivity contribution is -0.123. The Bertz CT molecular complexity index is 1290. The van der Waals surface area contributed by atoms with E-state index in [1.165, 1.54) is 31.2 Å². The van der Waals surface area contributed by atoms with E-state index < -0.39 is 28.0 Å². The summed E-state index contributed by atoms with van der Waals surface area (Å²) in [5.41, 5.74) is 3.33. The first-order valence-corrected chi connectivity index (χ1v) is 11.3. The van der Waals surface area contributed by atoms with E-state index in [4.69, 9.17) is 9.88 Å². The summed E-state index contributed by atoms with van der Waals surface area (Å²) in [6.45, 7) is 1.48. The number of nitrogens with two attached hydrogens (primary N) is 1. The summed E-state index contributed by atoms with van der Waals surface area (Å²) in [6.07, 6.45) is 1.41. The summed E-state index contributed by atoms with van der Waals surface area (Å²) >= 11 is 0. The molecule has 3 N–H and O–H groups in total. The van der Waals surface area contributed by atoms with Crippen molar-refractivity contribution in [3.8, 4) is 0 Å². The fraction of sp³-hybridized carbons (Fsp3) is 0.227. The van der Waals surface area contributed by atoms with Crippen LogP contribution in [0.25, 0.3) is 10.9 Å². The number of amides is 1. The first kappa shape index (κ1) is 21.0. The van der Waals surface area contributed by atoms with Gasteiger partial charge in [0.25, 0.3) is 5.91 Å². The van der Waals surface area contributed by atoms with Crippen molar-refractivity contribution < 1.29 is 22.7 Å². The molecule has 4 rings (SSSR count). The van der Waals surface area contributed by atoms with Gasteiger partial charge in [-0.1, -0.05) is 18.2 Å². The highest BCUT2D eigenvalue weighted by Crippen LogP contribution is 2.30. The Morgan fingerprint density at radius 3 is 2.52 bits per heavy atom. The third-order valence-corrected chi connectivity index (χ3v) is 6.16. The van der Waals surface area contributed by atoms with Crippen LogP contribution in [0.3, 0.4) is 0 Å². The second-order valence-electron chi connectivity index (χ2n) is 7.39. The maximum Gasteiger partial charge on any atom is 0.339 e. The quantitative estimate of drug-likeness (QED) is 0.588. The van der Waals surface area contributed by atoms with Crippen LogP contribution in [-0.2, 0) is 32.4 Å². The Kier molecular flexibility index (Phi) is 5.47. The molecule has 1 heterocycles. The zero-order valence-corrected chi connectivity index (χ0v) is 17.6. The third-order valence-electron chi connectivity index (χ3n) is 5.23. The molecule has 0 unspecified atom stereocenters. The van der Waals surface area contributed by atoms with Gasteiger partial charge in [0.15, 0.2) is 6.10 Å². The van der Waals surface area contributed by atoms with Gasteiger partial charge in [-0.05, 0) is 62.1 Å². The number of carbonyl (C=O) groups is 2. The fourth-order valence-corrected chi connectivity index (χ4v) is 4.20. The van der Waals surface area contributed by atoms with Crippen molar-refractivity contribution in [2.45, 2.75) is 37.2 Å². The summed E-state index contributed by atoms with van der Waals surface area (Å²) in [7, 11) is -3.82. The van der Waals surface area contributed by atoms with E-state index in [2.05, 4.69) is 10.3 Å². The molecule has 1 aliphatic carbocycles. The van der Waals surface area contributed by atoms with Crippen molar-refractivity contribution in [3.05, 3.63) is 65.4 Å². The molecule has 1 aromatic heterocycles. The molecule has 1 amide bonds. The van der Waals surface area contributed by atoms with E-state index in [9.17, 15) is 18.0 Å². The molecular formula is C22H21N3O5S. The largest absolute Gasteiger partial charge is 0.449 e. The summed E-state index contributed by atoms with van der Waals surface area (Å²) in [5, 5.41) is 8.38. The minimum Gasteiger partial charge on any atom is -0.449 e. The van der Waals surface area contributed by atoms with E-state index in [0.717, 1.165) is 36.0 Å². The number of rotatable bonds is 5. The minimum absolute atomic E-state index is 0.0663. The van der Waals surface area contributed by atoms with Crippen molar-refractivity contribution in [2.24, 2.45) is 5.14 Å². The van der Waals surface area contributed by atoms with Crippen LogP contribution in [0.15, 0.2) is 53.4 Å². The summed E-state index contributed by atoms with van der Waals surface area (Å²) < 4.78 is 28.2. The van der Waals surface area contributed by atoms with Gasteiger partial charge >= 0.3 is 5.97 Å². The van der Waals surface area contributed by atoms with E-state index in [1.807, 2.05) is 24.3 Å². The number of anilines is 1. The van der Waals surface area contributed by atoms with Crippen LogP contribution in [0.5, 0.6) is 0 Å². The number of esters is 1. The number of sulfonamides is 1. The molecule has 0 aliphatic heterocycles. The van der Waals surface area contributed by atoms with Gasteiger partial charge in [0.1, 0.15) is 0 Å². The van der Waals surface area contributed by atoms with Gasteiger partial charge in [-0.15, -0.1) is 0 Å². The highest BCUT2D eigenvalue weighted by Gasteiger charge is 2.27. The molecule has 31 heavy (non-hydrogen) atoms. The highest BCUT2D eigenvalue weighted by molar-refractivity contribution is 7.89. The maximum atomic E-state index is 13.0. The van der Waals surface area contributed by atoms with Crippen LogP contribution in [0.2, 0.25) is 0 Å². The van der Waals surface area contributed by atoms with Crippen molar-refractivity contribution in [1.29, 1.82) is 0 Å². The predicted octanol–water partition coefficient (Wildman–Crippen LogP) is 2.55. The summed E-state index contributed by atoms with van der Waals surface area (Å²) in [5.74, 6) is -1.10. The van der Waals surface area contributed by atoms with Gasteiger partial charge < -0.3 is 10.1 Å². The van der Waals surface area contributed by atoms with E-state index in [1.54, 1.807) is 0 Å². The lowest BCUT2D eigenvalue weighted by atomic mass is 10.0. The van der Waals surface area contributed by atoms with Gasteiger partial charge in [0, 0.05) is 16.8 Å². The maximum absolute atomic E-state index is 13.0.